The molecule has 0 spiro atoms. The van der Waals surface area contributed by atoms with Crippen LogP contribution < -0.4 is 10.6 Å². The number of aromatic nitrogens is 3. The highest BCUT2D eigenvalue weighted by Gasteiger charge is 2.27. The highest BCUT2D eigenvalue weighted by atomic mass is 35.5. The molecular weight excluding hydrogens is 753 g/mol. The fourth-order valence-corrected chi connectivity index (χ4v) is 6.46. The summed E-state index contributed by atoms with van der Waals surface area (Å²) in [5.41, 5.74) is -2.05. The zero-order valence-corrected chi connectivity index (χ0v) is 27.7. The van der Waals surface area contributed by atoms with Crippen LogP contribution in [0.2, 0.25) is 10.6 Å². The highest BCUT2D eigenvalue weighted by molar-refractivity contribution is 7.86. The molecule has 0 aliphatic rings. The van der Waals surface area contributed by atoms with Crippen LogP contribution >= 0.6 is 23.2 Å². The maximum Gasteiger partial charge on any atom is 0.296 e. The molecule has 4 aromatic carbocycles. The lowest BCUT2D eigenvalue weighted by Crippen LogP contribution is -2.13. The van der Waals surface area contributed by atoms with Gasteiger partial charge in [0.2, 0.25) is 16.5 Å². The smallest absolute Gasteiger partial charge is 0.296 e. The first-order chi connectivity index (χ1) is 22.8. The van der Waals surface area contributed by atoms with E-state index in [0.717, 1.165) is 30.3 Å². The van der Waals surface area contributed by atoms with Gasteiger partial charge in [-0.25, -0.2) is 0 Å². The van der Waals surface area contributed by atoms with E-state index in [9.17, 15) is 48.8 Å². The average Bonchev–Trinajstić information content (AvgIpc) is 2.98. The standard InChI is InChI=1S/C26H17Cl2N7O11S3/c27-24-31-25(28)33-26(32-24)29-14-6-7-18(48(41,42)43)16(10-14)34-35-21-19(49(44,45)46)9-13-8-15(47(38,39)40)11-17(20(13)22(21)36)30-23(37)12-4-2-1-3-5-12/h1-11,36H,(H,30,37)(H,38,39,40)(H,41,42,43)(H,44,45,46)(H,29,31,32,33). The molecule has 0 unspecified atom stereocenters. The fraction of sp³-hybridized carbons (Fsp3) is 0. The Morgan fingerprint density at radius 3 is 1.96 bits per heavy atom. The lowest BCUT2D eigenvalue weighted by molar-refractivity contribution is 0.102. The van der Waals surface area contributed by atoms with Crippen molar-refractivity contribution in [1.29, 1.82) is 0 Å². The summed E-state index contributed by atoms with van der Waals surface area (Å²) >= 11 is 11.5. The van der Waals surface area contributed by atoms with Crippen molar-refractivity contribution in [3.63, 3.8) is 0 Å². The molecule has 0 saturated heterocycles. The zero-order valence-electron chi connectivity index (χ0n) is 23.7. The number of fused-ring (bicyclic) bond motifs is 1. The van der Waals surface area contributed by atoms with Gasteiger partial charge in [0.15, 0.2) is 5.75 Å². The number of phenols is 1. The Balaban J connectivity index is 1.72. The van der Waals surface area contributed by atoms with Gasteiger partial charge in [-0.05, 0) is 77.1 Å². The number of nitrogens with zero attached hydrogens (tertiary/aromatic N) is 5. The second-order valence-corrected chi connectivity index (χ2v) is 14.5. The van der Waals surface area contributed by atoms with E-state index < -0.39 is 84.5 Å². The van der Waals surface area contributed by atoms with E-state index in [4.69, 9.17) is 23.2 Å². The van der Waals surface area contributed by atoms with E-state index in [1.807, 2.05) is 0 Å². The number of phenolic OH excluding ortho intramolecular Hbond substituents is 1. The first-order valence-electron chi connectivity index (χ1n) is 12.8. The number of anilines is 3. The number of rotatable bonds is 9. The average molecular weight is 771 g/mol. The van der Waals surface area contributed by atoms with Crippen molar-refractivity contribution in [3.8, 4) is 5.75 Å². The Hall–Kier alpha value is -4.87. The van der Waals surface area contributed by atoms with E-state index in [2.05, 4.69) is 35.8 Å². The summed E-state index contributed by atoms with van der Waals surface area (Å²) < 4.78 is 103. The summed E-state index contributed by atoms with van der Waals surface area (Å²) in [5, 5.41) is 22.2. The van der Waals surface area contributed by atoms with Crippen molar-refractivity contribution >= 4 is 98.9 Å². The third-order valence-electron chi connectivity index (χ3n) is 6.31. The summed E-state index contributed by atoms with van der Waals surface area (Å²) in [6, 6.07) is 12.6. The molecule has 254 valence electrons. The quantitative estimate of drug-likeness (QED) is 0.0830. The molecule has 0 fully saturated rings. The second-order valence-electron chi connectivity index (χ2n) is 9.59. The first-order valence-corrected chi connectivity index (χ1v) is 17.9. The fourth-order valence-electron chi connectivity index (χ4n) is 4.29. The van der Waals surface area contributed by atoms with Gasteiger partial charge in [0.25, 0.3) is 36.3 Å². The molecule has 1 aromatic heterocycles. The van der Waals surface area contributed by atoms with Crippen molar-refractivity contribution < 1.29 is 48.8 Å². The van der Waals surface area contributed by atoms with Gasteiger partial charge in [-0.15, -0.1) is 10.2 Å². The van der Waals surface area contributed by atoms with Crippen LogP contribution in [0, 0.1) is 0 Å². The van der Waals surface area contributed by atoms with Gasteiger partial charge in [0.05, 0.1) is 10.6 Å². The van der Waals surface area contributed by atoms with Gasteiger partial charge in [-0.3, -0.25) is 18.5 Å². The minimum atomic E-state index is -5.32. The topological polar surface area (TPSA) is 288 Å². The molecule has 1 heterocycles. The van der Waals surface area contributed by atoms with Crippen LogP contribution in [-0.2, 0) is 30.4 Å². The molecule has 23 heteroatoms. The summed E-state index contributed by atoms with van der Waals surface area (Å²) in [5.74, 6) is -2.13. The molecule has 0 bridgehead atoms. The molecule has 5 rings (SSSR count). The Morgan fingerprint density at radius 2 is 1.37 bits per heavy atom. The Morgan fingerprint density at radius 1 is 0.735 bits per heavy atom. The summed E-state index contributed by atoms with van der Waals surface area (Å²) in [4.78, 5) is 21.3. The van der Waals surface area contributed by atoms with E-state index in [-0.39, 0.29) is 27.8 Å². The molecule has 0 radical (unpaired) electrons. The number of aromatic hydroxyl groups is 1. The molecule has 0 atom stereocenters. The number of azo groups is 1. The predicted octanol–water partition coefficient (Wildman–Crippen LogP) is 5.19. The number of carbonyl (C=O) groups excluding carboxylic acids is 1. The molecule has 49 heavy (non-hydrogen) atoms. The van der Waals surface area contributed by atoms with Crippen LogP contribution in [0.25, 0.3) is 10.8 Å². The van der Waals surface area contributed by atoms with E-state index in [1.165, 1.54) is 24.3 Å². The van der Waals surface area contributed by atoms with Gasteiger partial charge < -0.3 is 15.7 Å². The van der Waals surface area contributed by atoms with Crippen molar-refractivity contribution in [2.45, 2.75) is 14.7 Å². The van der Waals surface area contributed by atoms with Gasteiger partial charge in [-0.2, -0.15) is 40.2 Å². The minimum absolute atomic E-state index is 0.000993. The van der Waals surface area contributed by atoms with Gasteiger partial charge in [0, 0.05) is 16.6 Å². The Labute approximate surface area is 285 Å². The summed E-state index contributed by atoms with van der Waals surface area (Å²) in [6.45, 7) is 0. The monoisotopic (exact) mass is 769 g/mol. The predicted molar refractivity (Wildman–Crippen MR) is 173 cm³/mol. The minimum Gasteiger partial charge on any atom is -0.505 e. The maximum absolute atomic E-state index is 13.0. The number of nitrogens with one attached hydrogen (secondary N) is 2. The molecule has 5 aromatic rings. The van der Waals surface area contributed by atoms with Gasteiger partial charge in [0.1, 0.15) is 21.2 Å². The molecule has 6 N–H and O–H groups in total. The maximum atomic E-state index is 13.0. The largest absolute Gasteiger partial charge is 0.505 e. The zero-order chi connectivity index (χ0) is 35.9. The van der Waals surface area contributed by atoms with Crippen LogP contribution in [0.3, 0.4) is 0 Å². The Bertz CT molecular complexity index is 2520. The lowest BCUT2D eigenvalue weighted by atomic mass is 10.1. The number of halogens is 2. The molecule has 0 aliphatic carbocycles. The number of hydrogen-bond donors (Lipinski definition) is 6. The highest BCUT2D eigenvalue weighted by Crippen LogP contribution is 2.45. The van der Waals surface area contributed by atoms with Crippen molar-refractivity contribution in [1.82, 2.24) is 15.0 Å². The van der Waals surface area contributed by atoms with Crippen molar-refractivity contribution in [2.75, 3.05) is 10.6 Å². The van der Waals surface area contributed by atoms with Crippen LogP contribution in [0.15, 0.2) is 91.6 Å². The van der Waals surface area contributed by atoms with Crippen LogP contribution in [0.1, 0.15) is 10.4 Å². The van der Waals surface area contributed by atoms with Crippen LogP contribution in [-0.4, -0.2) is 64.9 Å². The van der Waals surface area contributed by atoms with Crippen LogP contribution in [0.5, 0.6) is 5.75 Å². The van der Waals surface area contributed by atoms with Crippen LogP contribution in [0.4, 0.5) is 28.7 Å². The molecular formula is C26H17Cl2N7O11S3. The summed E-state index contributed by atoms with van der Waals surface area (Å²) in [6.07, 6.45) is 0. The van der Waals surface area contributed by atoms with E-state index >= 15 is 0 Å². The second kappa shape index (κ2) is 13.2. The third-order valence-corrected chi connectivity index (χ3v) is 9.25. The van der Waals surface area contributed by atoms with Crippen molar-refractivity contribution in [2.24, 2.45) is 10.2 Å². The lowest BCUT2D eigenvalue weighted by Gasteiger charge is -2.15. The van der Waals surface area contributed by atoms with Gasteiger partial charge in [-0.1, -0.05) is 18.2 Å². The Kier molecular flexibility index (Phi) is 9.55. The summed E-state index contributed by atoms with van der Waals surface area (Å²) in [7, 11) is -15.3. The molecule has 1 amide bonds. The van der Waals surface area contributed by atoms with E-state index in [0.29, 0.717) is 6.07 Å². The van der Waals surface area contributed by atoms with Crippen molar-refractivity contribution in [3.05, 3.63) is 82.9 Å². The molecule has 0 saturated carbocycles. The number of amides is 1. The normalized spacial score (nSPS) is 12.3. The number of benzene rings is 4. The number of hydrogen-bond acceptors (Lipinski definition) is 14. The number of carbonyl (C=O) groups is 1. The first kappa shape index (κ1) is 35.4. The van der Waals surface area contributed by atoms with E-state index in [1.54, 1.807) is 6.07 Å². The third kappa shape index (κ3) is 8.06. The molecule has 0 aliphatic heterocycles. The molecule has 18 nitrogen and oxygen atoms in total. The van der Waals surface area contributed by atoms with Gasteiger partial charge >= 0.3 is 0 Å². The SMILES string of the molecule is O=C(Nc1cc(S(=O)(=O)O)cc2cc(S(=O)(=O)O)c(N=Nc3cc(Nc4nc(Cl)nc(Cl)n4)ccc3S(=O)(=O)O)c(O)c12)c1ccccc1.